The van der Waals surface area contributed by atoms with Crippen molar-refractivity contribution in [3.63, 3.8) is 0 Å². The molecule has 0 radical (unpaired) electrons. The van der Waals surface area contributed by atoms with Gasteiger partial charge in [0.2, 0.25) is 5.91 Å². The van der Waals surface area contributed by atoms with Crippen molar-refractivity contribution >= 4 is 5.91 Å². The maximum absolute atomic E-state index is 13.6. The first-order valence-electron chi connectivity index (χ1n) is 10.4. The molecular weight excluding hydrogens is 371 g/mol. The second-order valence-electron chi connectivity index (χ2n) is 8.17. The Hall–Kier alpha value is -2.17. The molecule has 158 valence electrons. The van der Waals surface area contributed by atoms with Crippen LogP contribution in [0.3, 0.4) is 0 Å². The SMILES string of the molecule is COc1ccc(F)cc1CN1CCN(CC(=O)N(C)C2(C#N)CCCCC2)CC1. The Bertz CT molecular complexity index is 750. The number of nitriles is 1. The zero-order valence-electron chi connectivity index (χ0n) is 17.5. The summed E-state index contributed by atoms with van der Waals surface area (Å²) in [7, 11) is 3.38. The van der Waals surface area contributed by atoms with Crippen LogP contribution in [0.5, 0.6) is 5.75 Å². The molecule has 1 amide bonds. The van der Waals surface area contributed by atoms with E-state index in [0.717, 1.165) is 63.8 Å². The summed E-state index contributed by atoms with van der Waals surface area (Å²) in [6.45, 7) is 4.13. The second kappa shape index (κ2) is 9.55. The van der Waals surface area contributed by atoms with E-state index in [1.807, 2.05) is 0 Å². The molecule has 0 spiro atoms. The van der Waals surface area contributed by atoms with Crippen molar-refractivity contribution < 1.29 is 13.9 Å². The van der Waals surface area contributed by atoms with Crippen molar-refractivity contribution in [1.29, 1.82) is 5.26 Å². The molecule has 1 saturated heterocycles. The zero-order valence-corrected chi connectivity index (χ0v) is 17.5. The van der Waals surface area contributed by atoms with Gasteiger partial charge in [-0.15, -0.1) is 0 Å². The average Bonchev–Trinajstić information content (AvgIpc) is 2.75. The van der Waals surface area contributed by atoms with Crippen LogP contribution in [0.15, 0.2) is 18.2 Å². The molecule has 1 saturated carbocycles. The number of benzene rings is 1. The number of carbonyl (C=O) groups excluding carboxylic acids is 1. The third kappa shape index (κ3) is 5.06. The molecule has 1 aromatic carbocycles. The van der Waals surface area contributed by atoms with Gasteiger partial charge in [0.25, 0.3) is 0 Å². The van der Waals surface area contributed by atoms with E-state index in [0.29, 0.717) is 18.8 Å². The molecule has 0 bridgehead atoms. The standard InChI is InChI=1S/C22H31FN4O2/c1-25(22(17-24)8-4-3-5-9-22)21(28)16-27-12-10-26(11-13-27)15-18-14-19(23)6-7-20(18)29-2/h6-7,14H,3-5,8-13,15-16H2,1-2H3. The number of hydrogen-bond donors (Lipinski definition) is 0. The van der Waals surface area contributed by atoms with Gasteiger partial charge in [0.15, 0.2) is 0 Å². The number of hydrogen-bond acceptors (Lipinski definition) is 5. The molecular formula is C22H31FN4O2. The molecule has 0 atom stereocenters. The van der Waals surface area contributed by atoms with E-state index < -0.39 is 5.54 Å². The molecule has 1 aliphatic carbocycles. The lowest BCUT2D eigenvalue weighted by Crippen LogP contribution is -2.54. The maximum Gasteiger partial charge on any atom is 0.237 e. The van der Waals surface area contributed by atoms with Crippen LogP contribution in [0, 0.1) is 17.1 Å². The fraction of sp³-hybridized carbons (Fsp3) is 0.636. The van der Waals surface area contributed by atoms with E-state index >= 15 is 0 Å². The molecule has 29 heavy (non-hydrogen) atoms. The Labute approximate surface area is 172 Å². The highest BCUT2D eigenvalue weighted by Gasteiger charge is 2.39. The molecule has 1 aliphatic heterocycles. The summed E-state index contributed by atoms with van der Waals surface area (Å²) in [4.78, 5) is 18.9. The highest BCUT2D eigenvalue weighted by Crippen LogP contribution is 2.32. The first-order valence-corrected chi connectivity index (χ1v) is 10.4. The Morgan fingerprint density at radius 1 is 1.21 bits per heavy atom. The minimum atomic E-state index is -0.634. The maximum atomic E-state index is 13.6. The first-order chi connectivity index (χ1) is 14.0. The predicted molar refractivity (Wildman–Crippen MR) is 109 cm³/mol. The number of methoxy groups -OCH3 is 1. The van der Waals surface area contributed by atoms with Crippen molar-refractivity contribution in [2.75, 3.05) is 46.9 Å². The van der Waals surface area contributed by atoms with Gasteiger partial charge >= 0.3 is 0 Å². The molecule has 0 N–H and O–H groups in total. The number of likely N-dealkylation sites (N-methyl/N-ethyl adjacent to an activating group) is 1. The Morgan fingerprint density at radius 2 is 1.86 bits per heavy atom. The van der Waals surface area contributed by atoms with E-state index in [1.54, 1.807) is 25.1 Å². The molecule has 2 aliphatic rings. The lowest BCUT2D eigenvalue weighted by atomic mass is 9.81. The monoisotopic (exact) mass is 402 g/mol. The van der Waals surface area contributed by atoms with Crippen LogP contribution >= 0.6 is 0 Å². The largest absolute Gasteiger partial charge is 0.496 e. The van der Waals surface area contributed by atoms with Crippen molar-refractivity contribution in [2.45, 2.75) is 44.2 Å². The number of carbonyl (C=O) groups is 1. The van der Waals surface area contributed by atoms with Crippen molar-refractivity contribution in [3.05, 3.63) is 29.6 Å². The second-order valence-corrected chi connectivity index (χ2v) is 8.17. The van der Waals surface area contributed by atoms with Crippen molar-refractivity contribution in [3.8, 4) is 11.8 Å². The smallest absolute Gasteiger partial charge is 0.237 e. The lowest BCUT2D eigenvalue weighted by Gasteiger charge is -2.41. The summed E-state index contributed by atoms with van der Waals surface area (Å²) in [5.74, 6) is 0.454. The van der Waals surface area contributed by atoms with Gasteiger partial charge in [0, 0.05) is 45.3 Å². The Kier molecular flexibility index (Phi) is 7.09. The third-order valence-electron chi connectivity index (χ3n) is 6.37. The van der Waals surface area contributed by atoms with E-state index in [4.69, 9.17) is 4.74 Å². The zero-order chi connectivity index (χ0) is 20.9. The topological polar surface area (TPSA) is 59.8 Å². The van der Waals surface area contributed by atoms with Crippen LogP contribution in [0.1, 0.15) is 37.7 Å². The van der Waals surface area contributed by atoms with Gasteiger partial charge in [0.1, 0.15) is 17.1 Å². The van der Waals surface area contributed by atoms with Crippen LogP contribution in [-0.2, 0) is 11.3 Å². The van der Waals surface area contributed by atoms with Crippen LogP contribution < -0.4 is 4.74 Å². The summed E-state index contributed by atoms with van der Waals surface area (Å²) in [5.41, 5.74) is 0.204. The fourth-order valence-electron chi connectivity index (χ4n) is 4.41. The quantitative estimate of drug-likeness (QED) is 0.732. The van der Waals surface area contributed by atoms with E-state index in [-0.39, 0.29) is 11.7 Å². The summed E-state index contributed by atoms with van der Waals surface area (Å²) < 4.78 is 18.9. The van der Waals surface area contributed by atoms with Crippen LogP contribution in [-0.4, -0.2) is 73.0 Å². The molecule has 1 heterocycles. The predicted octanol–water partition coefficient (Wildman–Crippen LogP) is 2.64. The lowest BCUT2D eigenvalue weighted by molar-refractivity contribution is -0.136. The Morgan fingerprint density at radius 3 is 2.48 bits per heavy atom. The first kappa shape index (κ1) is 21.5. The average molecular weight is 403 g/mol. The number of piperazine rings is 1. The fourth-order valence-corrected chi connectivity index (χ4v) is 4.41. The summed E-state index contributed by atoms with van der Waals surface area (Å²) in [5, 5.41) is 9.70. The van der Waals surface area contributed by atoms with E-state index in [2.05, 4.69) is 15.9 Å². The summed E-state index contributed by atoms with van der Waals surface area (Å²) in [6.07, 6.45) is 4.70. The van der Waals surface area contributed by atoms with Gasteiger partial charge in [-0.1, -0.05) is 19.3 Å². The van der Waals surface area contributed by atoms with Crippen LogP contribution in [0.2, 0.25) is 0 Å². The number of ether oxygens (including phenoxy) is 1. The van der Waals surface area contributed by atoms with Gasteiger partial charge in [-0.3, -0.25) is 14.6 Å². The van der Waals surface area contributed by atoms with Gasteiger partial charge in [-0.05, 0) is 31.0 Å². The van der Waals surface area contributed by atoms with Crippen molar-refractivity contribution in [1.82, 2.24) is 14.7 Å². The van der Waals surface area contributed by atoms with Gasteiger partial charge < -0.3 is 9.64 Å². The van der Waals surface area contributed by atoms with E-state index in [1.165, 1.54) is 12.1 Å². The minimum Gasteiger partial charge on any atom is -0.496 e. The molecule has 6 nitrogen and oxygen atoms in total. The molecule has 7 heteroatoms. The number of amides is 1. The number of halogens is 1. The van der Waals surface area contributed by atoms with Crippen LogP contribution in [0.4, 0.5) is 4.39 Å². The number of rotatable bonds is 6. The highest BCUT2D eigenvalue weighted by atomic mass is 19.1. The molecule has 0 unspecified atom stereocenters. The molecule has 1 aromatic rings. The van der Waals surface area contributed by atoms with Gasteiger partial charge in [0.05, 0.1) is 19.7 Å². The Balaban J connectivity index is 1.51. The normalized spacial score (nSPS) is 20.1. The van der Waals surface area contributed by atoms with Gasteiger partial charge in [-0.25, -0.2) is 4.39 Å². The minimum absolute atomic E-state index is 0.0219. The van der Waals surface area contributed by atoms with Crippen molar-refractivity contribution in [2.24, 2.45) is 0 Å². The summed E-state index contributed by atoms with van der Waals surface area (Å²) >= 11 is 0. The molecule has 3 rings (SSSR count). The van der Waals surface area contributed by atoms with E-state index in [9.17, 15) is 14.4 Å². The summed E-state index contributed by atoms with van der Waals surface area (Å²) in [6, 6.07) is 7.01. The highest BCUT2D eigenvalue weighted by molar-refractivity contribution is 5.79. The van der Waals surface area contributed by atoms with Gasteiger partial charge in [-0.2, -0.15) is 5.26 Å². The molecule has 2 fully saturated rings. The number of nitrogens with zero attached hydrogens (tertiary/aromatic N) is 4. The molecule has 0 aromatic heterocycles. The van der Waals surface area contributed by atoms with Crippen LogP contribution in [0.25, 0.3) is 0 Å². The third-order valence-corrected chi connectivity index (χ3v) is 6.37.